The minimum atomic E-state index is -4.49. The van der Waals surface area contributed by atoms with Crippen LogP contribution in [0.5, 0.6) is 5.75 Å². The molecule has 1 unspecified atom stereocenters. The molecule has 0 spiro atoms. The van der Waals surface area contributed by atoms with Crippen LogP contribution in [0.15, 0.2) is 36.4 Å². The van der Waals surface area contributed by atoms with Crippen molar-refractivity contribution in [2.45, 2.75) is 25.4 Å². The molecule has 0 bridgehead atoms. The van der Waals surface area contributed by atoms with Gasteiger partial charge in [0.15, 0.2) is 0 Å². The Morgan fingerprint density at radius 1 is 1.16 bits per heavy atom. The molecule has 1 atom stereocenters. The number of carbonyl (C=O) groups is 1. The van der Waals surface area contributed by atoms with Crippen molar-refractivity contribution >= 4 is 28.9 Å². The number of benzene rings is 2. The monoisotopic (exact) mass is 369 g/mol. The number of hydrogen-bond donors (Lipinski definition) is 0. The molecular formula is C18H15ClF3NO2. The maximum absolute atomic E-state index is 13.1. The minimum absolute atomic E-state index is 0.215. The highest BCUT2D eigenvalue weighted by atomic mass is 35.5. The van der Waals surface area contributed by atoms with Crippen LogP contribution in [0.25, 0.3) is 0 Å². The maximum atomic E-state index is 13.1. The number of carbonyl (C=O) groups excluding carboxylic acids is 1. The van der Waals surface area contributed by atoms with Crippen LogP contribution in [0.1, 0.15) is 30.4 Å². The lowest BCUT2D eigenvalue weighted by molar-refractivity contribution is -0.137. The van der Waals surface area contributed by atoms with E-state index in [0.717, 1.165) is 12.1 Å². The molecule has 0 N–H and O–H groups in total. The molecule has 7 heteroatoms. The predicted octanol–water partition coefficient (Wildman–Crippen LogP) is 5.54. The molecule has 0 saturated heterocycles. The summed E-state index contributed by atoms with van der Waals surface area (Å²) in [6.45, 7) is 1.82. The van der Waals surface area contributed by atoms with Gasteiger partial charge in [-0.25, -0.2) is 0 Å². The zero-order valence-corrected chi connectivity index (χ0v) is 14.3. The highest BCUT2D eigenvalue weighted by molar-refractivity contribution is 6.31. The number of fused-ring (bicyclic) bond motifs is 1. The second-order valence-corrected chi connectivity index (χ2v) is 6.16. The van der Waals surface area contributed by atoms with E-state index < -0.39 is 17.7 Å². The lowest BCUT2D eigenvalue weighted by Crippen LogP contribution is -2.24. The Morgan fingerprint density at radius 3 is 2.48 bits per heavy atom. The Hall–Kier alpha value is -2.21. The largest absolute Gasteiger partial charge is 0.495 e. The molecule has 0 fully saturated rings. The second kappa shape index (κ2) is 6.26. The summed E-state index contributed by atoms with van der Waals surface area (Å²) in [5.41, 5.74) is 0.313. The van der Waals surface area contributed by atoms with E-state index >= 15 is 0 Å². The van der Waals surface area contributed by atoms with Crippen LogP contribution in [-0.4, -0.2) is 13.0 Å². The molecule has 2 aromatic rings. The number of hydrogen-bond acceptors (Lipinski definition) is 2. The smallest absolute Gasteiger partial charge is 0.416 e. The average molecular weight is 370 g/mol. The zero-order chi connectivity index (χ0) is 18.4. The molecule has 0 saturated carbocycles. The van der Waals surface area contributed by atoms with Crippen LogP contribution in [-0.2, 0) is 11.0 Å². The first-order valence-corrected chi connectivity index (χ1v) is 8.04. The first-order valence-electron chi connectivity index (χ1n) is 7.66. The Balaban J connectivity index is 2.23. The van der Waals surface area contributed by atoms with Crippen LogP contribution in [0.4, 0.5) is 24.5 Å². The number of alkyl halides is 3. The summed E-state index contributed by atoms with van der Waals surface area (Å²) < 4.78 is 44.6. The Morgan fingerprint density at radius 2 is 1.88 bits per heavy atom. The molecule has 3 rings (SSSR count). The normalized spacial score (nSPS) is 17.0. The standard InChI is InChI=1S/C18H15ClF3NO2/c1-3-12-13-6-4-10(18(20,21)22)8-14(13)23(17(12)24)15-9-11(19)5-7-16(15)25-2/h4-9,12H,3H2,1-2H3. The second-order valence-electron chi connectivity index (χ2n) is 5.72. The topological polar surface area (TPSA) is 29.5 Å². The lowest BCUT2D eigenvalue weighted by Gasteiger charge is -2.21. The van der Waals surface area contributed by atoms with Crippen LogP contribution in [0, 0.1) is 0 Å². The summed E-state index contributed by atoms with van der Waals surface area (Å²) in [6.07, 6.45) is -4.01. The molecule has 132 valence electrons. The van der Waals surface area contributed by atoms with E-state index in [9.17, 15) is 18.0 Å². The van der Waals surface area contributed by atoms with Gasteiger partial charge in [0.2, 0.25) is 5.91 Å². The molecule has 1 aliphatic heterocycles. The van der Waals surface area contributed by atoms with E-state index in [1.54, 1.807) is 12.1 Å². The number of ether oxygens (including phenoxy) is 1. The number of halogens is 4. The highest BCUT2D eigenvalue weighted by Crippen LogP contribution is 2.48. The van der Waals surface area contributed by atoms with Gasteiger partial charge in [0, 0.05) is 5.02 Å². The van der Waals surface area contributed by atoms with Crippen molar-refractivity contribution in [1.29, 1.82) is 0 Å². The first-order chi connectivity index (χ1) is 11.8. The minimum Gasteiger partial charge on any atom is -0.495 e. The summed E-state index contributed by atoms with van der Waals surface area (Å²) in [6, 6.07) is 8.07. The van der Waals surface area contributed by atoms with E-state index in [-0.39, 0.29) is 11.6 Å². The van der Waals surface area contributed by atoms with E-state index in [1.807, 2.05) is 6.92 Å². The summed E-state index contributed by atoms with van der Waals surface area (Å²) in [4.78, 5) is 14.1. The molecule has 2 aromatic carbocycles. The Labute approximate surface area is 148 Å². The van der Waals surface area contributed by atoms with Crippen molar-refractivity contribution in [2.24, 2.45) is 0 Å². The maximum Gasteiger partial charge on any atom is 0.416 e. The third kappa shape index (κ3) is 2.95. The van der Waals surface area contributed by atoms with Gasteiger partial charge >= 0.3 is 6.18 Å². The summed E-state index contributed by atoms with van der Waals surface area (Å²) >= 11 is 6.03. The average Bonchev–Trinajstić information content (AvgIpc) is 2.84. The first kappa shape index (κ1) is 17.6. The van der Waals surface area contributed by atoms with Gasteiger partial charge in [-0.2, -0.15) is 13.2 Å². The van der Waals surface area contributed by atoms with E-state index in [4.69, 9.17) is 16.3 Å². The van der Waals surface area contributed by atoms with E-state index in [2.05, 4.69) is 0 Å². The van der Waals surface area contributed by atoms with Crippen LogP contribution >= 0.6 is 11.6 Å². The highest BCUT2D eigenvalue weighted by Gasteiger charge is 2.40. The van der Waals surface area contributed by atoms with Crippen molar-refractivity contribution in [3.8, 4) is 5.75 Å². The summed E-state index contributed by atoms with van der Waals surface area (Å²) in [7, 11) is 1.43. The van der Waals surface area contributed by atoms with Gasteiger partial charge in [-0.1, -0.05) is 24.6 Å². The predicted molar refractivity (Wildman–Crippen MR) is 89.6 cm³/mol. The fourth-order valence-electron chi connectivity index (χ4n) is 3.10. The zero-order valence-electron chi connectivity index (χ0n) is 13.5. The Bertz CT molecular complexity index is 836. The van der Waals surface area contributed by atoms with Gasteiger partial charge in [0.1, 0.15) is 5.75 Å². The van der Waals surface area contributed by atoms with Crippen molar-refractivity contribution in [2.75, 3.05) is 12.0 Å². The fraction of sp³-hybridized carbons (Fsp3) is 0.278. The van der Waals surface area contributed by atoms with E-state index in [1.165, 1.54) is 24.1 Å². The van der Waals surface area contributed by atoms with Crippen molar-refractivity contribution < 1.29 is 22.7 Å². The number of methoxy groups -OCH3 is 1. The van der Waals surface area contributed by atoms with Gasteiger partial charge in [0.25, 0.3) is 0 Å². The lowest BCUT2D eigenvalue weighted by atomic mass is 9.97. The van der Waals surface area contributed by atoms with Crippen molar-refractivity contribution in [3.05, 3.63) is 52.5 Å². The molecule has 1 heterocycles. The van der Waals surface area contributed by atoms with Gasteiger partial charge in [-0.3, -0.25) is 9.69 Å². The molecule has 0 aliphatic carbocycles. The van der Waals surface area contributed by atoms with Crippen molar-refractivity contribution in [3.63, 3.8) is 0 Å². The fourth-order valence-corrected chi connectivity index (χ4v) is 3.26. The van der Waals surface area contributed by atoms with Gasteiger partial charge in [-0.05, 0) is 42.3 Å². The molecule has 3 nitrogen and oxygen atoms in total. The Kier molecular flexibility index (Phi) is 4.41. The van der Waals surface area contributed by atoms with Gasteiger partial charge in [-0.15, -0.1) is 0 Å². The van der Waals surface area contributed by atoms with Crippen LogP contribution < -0.4 is 9.64 Å². The number of nitrogens with zero attached hydrogens (tertiary/aromatic N) is 1. The van der Waals surface area contributed by atoms with Gasteiger partial charge in [0.05, 0.1) is 30.0 Å². The third-order valence-corrected chi connectivity index (χ3v) is 4.52. The molecule has 25 heavy (non-hydrogen) atoms. The van der Waals surface area contributed by atoms with Crippen molar-refractivity contribution in [1.82, 2.24) is 0 Å². The molecule has 1 amide bonds. The van der Waals surface area contributed by atoms with Gasteiger partial charge < -0.3 is 4.74 Å². The number of anilines is 2. The quantitative estimate of drug-likeness (QED) is 0.711. The number of rotatable bonds is 3. The van der Waals surface area contributed by atoms with E-state index in [0.29, 0.717) is 28.4 Å². The molecule has 1 aliphatic rings. The third-order valence-electron chi connectivity index (χ3n) is 4.28. The van der Waals surface area contributed by atoms with Crippen LogP contribution in [0.3, 0.4) is 0 Å². The summed E-state index contributed by atoms with van der Waals surface area (Å²) in [5.74, 6) is -0.434. The molecule has 0 radical (unpaired) electrons. The van der Waals surface area contributed by atoms with Crippen LogP contribution in [0.2, 0.25) is 5.02 Å². The number of amides is 1. The SMILES string of the molecule is CCC1C(=O)N(c2cc(Cl)ccc2OC)c2cc(C(F)(F)F)ccc21. The molecular weight excluding hydrogens is 355 g/mol. The molecule has 0 aromatic heterocycles. The summed E-state index contributed by atoms with van der Waals surface area (Å²) in [5, 5.41) is 0.358.